The van der Waals surface area contributed by atoms with Crippen molar-refractivity contribution in [2.45, 2.75) is 45.9 Å². The molecule has 0 bridgehead atoms. The molecule has 0 aliphatic carbocycles. The van der Waals surface area contributed by atoms with E-state index in [2.05, 4.69) is 50.6 Å². The second-order valence-corrected chi connectivity index (χ2v) is 5.43. The minimum Gasteiger partial charge on any atom is -0.314 e. The molecule has 2 aromatic rings. The maximum Gasteiger partial charge on any atom is 0.265 e. The molecule has 0 aromatic carbocycles. The van der Waals surface area contributed by atoms with Crippen LogP contribution in [-0.4, -0.2) is 50.2 Å². The third-order valence-corrected chi connectivity index (χ3v) is 3.41. The summed E-state index contributed by atoms with van der Waals surface area (Å²) in [6.45, 7) is 9.94. The van der Waals surface area contributed by atoms with Gasteiger partial charge in [0.15, 0.2) is 0 Å². The molecule has 0 fully saturated rings. The van der Waals surface area contributed by atoms with Crippen molar-refractivity contribution in [3.05, 3.63) is 25.3 Å². The Morgan fingerprint density at radius 1 is 1.18 bits per heavy atom. The first-order valence-electron chi connectivity index (χ1n) is 7.96. The van der Waals surface area contributed by atoms with E-state index in [-0.39, 0.29) is 0 Å². The highest BCUT2D eigenvalue weighted by atomic mass is 15.4. The highest BCUT2D eigenvalue weighted by molar-refractivity contribution is 4.59. The fourth-order valence-electron chi connectivity index (χ4n) is 2.26. The lowest BCUT2D eigenvalue weighted by molar-refractivity contribution is -0.699. The number of hydrogen-bond donors (Lipinski definition) is 2. The van der Waals surface area contributed by atoms with Crippen LogP contribution in [0.2, 0.25) is 0 Å². The predicted octanol–water partition coefficient (Wildman–Crippen LogP) is -0.560. The predicted molar refractivity (Wildman–Crippen MR) is 83.1 cm³/mol. The van der Waals surface area contributed by atoms with E-state index in [0.717, 1.165) is 45.7 Å². The van der Waals surface area contributed by atoms with Gasteiger partial charge in [-0.2, -0.15) is 5.10 Å². The number of hydrogen-bond acceptors (Lipinski definition) is 5. The summed E-state index contributed by atoms with van der Waals surface area (Å²) in [4.78, 5) is 3.94. The molecule has 0 aliphatic rings. The lowest BCUT2D eigenvalue weighted by Crippen LogP contribution is -2.43. The summed E-state index contributed by atoms with van der Waals surface area (Å²) < 4.78 is 5.95. The lowest BCUT2D eigenvalue weighted by Gasteiger charge is -2.11. The number of nitrogens with one attached hydrogen (secondary N) is 2. The van der Waals surface area contributed by atoms with E-state index in [9.17, 15) is 0 Å². The van der Waals surface area contributed by atoms with Crippen molar-refractivity contribution in [1.82, 2.24) is 35.2 Å². The molecule has 2 heterocycles. The summed E-state index contributed by atoms with van der Waals surface area (Å²) in [5.74, 6) is 0. The standard InChI is InChI=1S/C14H27N8/c1-3-15-6-8-22-13-20(12-19-22)9-14(2)17-5-4-7-21-11-16-10-18-21/h10-15,17H,3-9H2,1-2H3/q+1. The van der Waals surface area contributed by atoms with Crippen LogP contribution in [0.3, 0.4) is 0 Å². The van der Waals surface area contributed by atoms with Crippen LogP contribution in [0.15, 0.2) is 25.3 Å². The molecule has 0 spiro atoms. The SMILES string of the molecule is CCNCCn1c[n+](CC(C)NCCCn2cncn2)cn1. The molecule has 122 valence electrons. The van der Waals surface area contributed by atoms with Crippen molar-refractivity contribution >= 4 is 0 Å². The Hall–Kier alpha value is -1.80. The summed E-state index contributed by atoms with van der Waals surface area (Å²) in [5, 5.41) is 15.3. The van der Waals surface area contributed by atoms with Crippen LogP contribution < -0.4 is 15.2 Å². The molecule has 0 saturated heterocycles. The van der Waals surface area contributed by atoms with Crippen molar-refractivity contribution in [3.63, 3.8) is 0 Å². The summed E-state index contributed by atoms with van der Waals surface area (Å²) in [6, 6.07) is 0.409. The largest absolute Gasteiger partial charge is 0.314 e. The zero-order chi connectivity index (χ0) is 15.6. The molecule has 2 N–H and O–H groups in total. The number of rotatable bonds is 11. The van der Waals surface area contributed by atoms with Gasteiger partial charge in [-0.1, -0.05) is 6.92 Å². The van der Waals surface area contributed by atoms with Crippen molar-refractivity contribution < 1.29 is 4.57 Å². The van der Waals surface area contributed by atoms with Crippen LogP contribution in [0.4, 0.5) is 0 Å². The van der Waals surface area contributed by atoms with Crippen molar-refractivity contribution in [2.75, 3.05) is 19.6 Å². The van der Waals surface area contributed by atoms with Gasteiger partial charge >= 0.3 is 0 Å². The minimum atomic E-state index is 0.409. The molecule has 8 heteroatoms. The van der Waals surface area contributed by atoms with Gasteiger partial charge in [-0.05, 0) is 26.4 Å². The number of likely N-dealkylation sites (N-methyl/N-ethyl adjacent to an activating group) is 1. The van der Waals surface area contributed by atoms with E-state index in [1.807, 2.05) is 15.7 Å². The molecule has 0 saturated carbocycles. The Balaban J connectivity index is 1.60. The quantitative estimate of drug-likeness (QED) is 0.430. The average Bonchev–Trinajstić information content (AvgIpc) is 3.16. The third-order valence-electron chi connectivity index (χ3n) is 3.41. The van der Waals surface area contributed by atoms with Crippen LogP contribution >= 0.6 is 0 Å². The Morgan fingerprint density at radius 2 is 2.09 bits per heavy atom. The molecular weight excluding hydrogens is 280 g/mol. The van der Waals surface area contributed by atoms with E-state index >= 15 is 0 Å². The van der Waals surface area contributed by atoms with Gasteiger partial charge in [-0.3, -0.25) is 4.68 Å². The average molecular weight is 307 g/mol. The zero-order valence-corrected chi connectivity index (χ0v) is 13.5. The zero-order valence-electron chi connectivity index (χ0n) is 13.5. The molecule has 2 aromatic heterocycles. The molecule has 2 rings (SSSR count). The number of nitrogens with zero attached hydrogens (tertiary/aromatic N) is 6. The van der Waals surface area contributed by atoms with E-state index < -0.39 is 0 Å². The smallest absolute Gasteiger partial charge is 0.265 e. The molecule has 8 nitrogen and oxygen atoms in total. The van der Waals surface area contributed by atoms with Crippen molar-refractivity contribution in [3.8, 4) is 0 Å². The van der Waals surface area contributed by atoms with Gasteiger partial charge in [-0.15, -0.1) is 4.68 Å². The van der Waals surface area contributed by atoms with Crippen LogP contribution in [0.1, 0.15) is 20.3 Å². The summed E-state index contributed by atoms with van der Waals surface area (Å²) >= 11 is 0. The fraction of sp³-hybridized carbons (Fsp3) is 0.714. The Kier molecular flexibility index (Phi) is 6.98. The topological polar surface area (TPSA) is 76.5 Å². The molecule has 0 aliphatic heterocycles. The minimum absolute atomic E-state index is 0.409. The first kappa shape index (κ1) is 16.6. The summed E-state index contributed by atoms with van der Waals surface area (Å²) in [6.07, 6.45) is 8.31. The van der Waals surface area contributed by atoms with Crippen LogP contribution in [0, 0.1) is 0 Å². The van der Waals surface area contributed by atoms with Crippen molar-refractivity contribution in [2.24, 2.45) is 0 Å². The first-order valence-corrected chi connectivity index (χ1v) is 7.96. The molecular formula is C14H27N8+. The summed E-state index contributed by atoms with van der Waals surface area (Å²) in [7, 11) is 0. The molecule has 1 unspecified atom stereocenters. The number of aromatic nitrogens is 6. The van der Waals surface area contributed by atoms with Gasteiger partial charge < -0.3 is 10.6 Å². The highest BCUT2D eigenvalue weighted by Crippen LogP contribution is 1.88. The Bertz CT molecular complexity index is 507. The molecule has 22 heavy (non-hydrogen) atoms. The Morgan fingerprint density at radius 3 is 2.86 bits per heavy atom. The maximum atomic E-state index is 4.36. The van der Waals surface area contributed by atoms with Crippen LogP contribution in [0.25, 0.3) is 0 Å². The van der Waals surface area contributed by atoms with Crippen LogP contribution in [0.5, 0.6) is 0 Å². The molecule has 0 radical (unpaired) electrons. The van der Waals surface area contributed by atoms with Gasteiger partial charge in [0.1, 0.15) is 19.2 Å². The van der Waals surface area contributed by atoms with Gasteiger partial charge in [0, 0.05) is 24.2 Å². The monoisotopic (exact) mass is 307 g/mol. The molecule has 0 amide bonds. The van der Waals surface area contributed by atoms with E-state index in [4.69, 9.17) is 0 Å². The van der Waals surface area contributed by atoms with Gasteiger partial charge in [0.25, 0.3) is 6.33 Å². The van der Waals surface area contributed by atoms with Gasteiger partial charge in [0.05, 0.1) is 6.54 Å². The maximum absolute atomic E-state index is 4.36. The van der Waals surface area contributed by atoms with Gasteiger partial charge in [0.2, 0.25) is 6.33 Å². The highest BCUT2D eigenvalue weighted by Gasteiger charge is 2.09. The second kappa shape index (κ2) is 9.26. The van der Waals surface area contributed by atoms with E-state index in [1.165, 1.54) is 0 Å². The lowest BCUT2D eigenvalue weighted by atomic mass is 10.3. The van der Waals surface area contributed by atoms with Gasteiger partial charge in [-0.25, -0.2) is 9.55 Å². The molecule has 1 atom stereocenters. The third kappa shape index (κ3) is 5.90. The van der Waals surface area contributed by atoms with E-state index in [1.54, 1.807) is 12.7 Å². The van der Waals surface area contributed by atoms with Crippen LogP contribution in [-0.2, 0) is 19.6 Å². The normalized spacial score (nSPS) is 12.6. The Labute approximate surface area is 131 Å². The number of aryl methyl sites for hydroxylation is 1. The second-order valence-electron chi connectivity index (χ2n) is 5.43. The van der Waals surface area contributed by atoms with E-state index in [0.29, 0.717) is 6.04 Å². The first-order chi connectivity index (χ1) is 10.8. The van der Waals surface area contributed by atoms with Crippen molar-refractivity contribution in [1.29, 1.82) is 0 Å². The fourth-order valence-corrected chi connectivity index (χ4v) is 2.26. The summed E-state index contributed by atoms with van der Waals surface area (Å²) in [5.41, 5.74) is 0.